The first kappa shape index (κ1) is 14.8. The number of esters is 2. The molecule has 0 aromatic heterocycles. The molecule has 0 N–H and O–H groups in total. The molecular weight excluding hydrogens is 260 g/mol. The van der Waals surface area contributed by atoms with Crippen LogP contribution in [0.4, 0.5) is 0 Å². The molecule has 0 aromatic carbocycles. The van der Waals surface area contributed by atoms with Crippen molar-refractivity contribution >= 4 is 17.7 Å². The first-order valence-electron chi connectivity index (χ1n) is 6.94. The molecule has 0 heterocycles. The maximum Gasteiger partial charge on any atom is 0.309 e. The first-order chi connectivity index (χ1) is 9.56. The Bertz CT molecular complexity index is 423. The van der Waals surface area contributed by atoms with Crippen molar-refractivity contribution in [1.82, 2.24) is 0 Å². The van der Waals surface area contributed by atoms with Crippen molar-refractivity contribution in [2.45, 2.75) is 38.5 Å². The Morgan fingerprint density at radius 1 is 0.850 bits per heavy atom. The molecule has 0 aromatic rings. The summed E-state index contributed by atoms with van der Waals surface area (Å²) in [5.74, 6) is -1.47. The van der Waals surface area contributed by atoms with Crippen LogP contribution in [0.3, 0.4) is 0 Å². The number of ether oxygens (including phenoxy) is 2. The predicted octanol–water partition coefficient (Wildman–Crippen LogP) is 1.80. The smallest absolute Gasteiger partial charge is 0.309 e. The van der Waals surface area contributed by atoms with Gasteiger partial charge < -0.3 is 9.47 Å². The number of rotatable bonds is 2. The van der Waals surface area contributed by atoms with E-state index in [1.807, 2.05) is 0 Å². The molecule has 0 spiro atoms. The summed E-state index contributed by atoms with van der Waals surface area (Å²) >= 11 is 0. The molecule has 0 saturated heterocycles. The molecule has 0 unspecified atom stereocenters. The van der Waals surface area contributed by atoms with Crippen molar-refractivity contribution in [3.63, 3.8) is 0 Å². The molecule has 0 fully saturated rings. The maximum atomic E-state index is 11.9. The zero-order valence-corrected chi connectivity index (χ0v) is 11.9. The summed E-state index contributed by atoms with van der Waals surface area (Å²) in [6.07, 6.45) is 3.50. The first-order valence-corrected chi connectivity index (χ1v) is 6.94. The van der Waals surface area contributed by atoms with Gasteiger partial charge in [-0.2, -0.15) is 0 Å². The average molecular weight is 280 g/mol. The fourth-order valence-electron chi connectivity index (χ4n) is 3.17. The van der Waals surface area contributed by atoms with Gasteiger partial charge in [-0.3, -0.25) is 14.4 Å². The molecule has 0 bridgehead atoms. The number of allylic oxidation sites excluding steroid dienone is 2. The van der Waals surface area contributed by atoms with Crippen LogP contribution in [0.15, 0.2) is 11.1 Å². The highest BCUT2D eigenvalue weighted by molar-refractivity contribution is 5.84. The van der Waals surface area contributed by atoms with E-state index in [9.17, 15) is 14.4 Å². The summed E-state index contributed by atoms with van der Waals surface area (Å²) in [5, 5.41) is 0. The van der Waals surface area contributed by atoms with Crippen molar-refractivity contribution in [2.24, 2.45) is 11.8 Å². The lowest BCUT2D eigenvalue weighted by Crippen LogP contribution is -2.35. The minimum atomic E-state index is -0.487. The lowest BCUT2D eigenvalue weighted by molar-refractivity contribution is -0.158. The van der Waals surface area contributed by atoms with Gasteiger partial charge in [0.25, 0.3) is 0 Å². The normalized spacial score (nSPS) is 26.6. The summed E-state index contributed by atoms with van der Waals surface area (Å²) in [5.41, 5.74) is 2.32. The molecule has 2 aliphatic carbocycles. The Balaban J connectivity index is 2.25. The summed E-state index contributed by atoms with van der Waals surface area (Å²) < 4.78 is 9.62. The van der Waals surface area contributed by atoms with E-state index < -0.39 is 11.8 Å². The van der Waals surface area contributed by atoms with Crippen LogP contribution in [-0.4, -0.2) is 31.9 Å². The monoisotopic (exact) mass is 280 g/mol. The zero-order chi connectivity index (χ0) is 14.7. The van der Waals surface area contributed by atoms with Crippen LogP contribution < -0.4 is 0 Å². The SMILES string of the molecule is COC(=O)[C@H]1CC2=C(CCC(=O)CC2)C[C@H]1C(=O)OC. The van der Waals surface area contributed by atoms with Gasteiger partial charge in [0.1, 0.15) is 5.78 Å². The van der Waals surface area contributed by atoms with E-state index in [-0.39, 0.29) is 17.7 Å². The van der Waals surface area contributed by atoms with Gasteiger partial charge in [0, 0.05) is 12.8 Å². The summed E-state index contributed by atoms with van der Waals surface area (Å²) in [6, 6.07) is 0. The third-order valence-corrected chi connectivity index (χ3v) is 4.34. The van der Waals surface area contributed by atoms with E-state index in [2.05, 4.69) is 0 Å². The van der Waals surface area contributed by atoms with Gasteiger partial charge in [0.15, 0.2) is 0 Å². The van der Waals surface area contributed by atoms with Gasteiger partial charge in [0.2, 0.25) is 0 Å². The fourth-order valence-corrected chi connectivity index (χ4v) is 3.17. The molecule has 2 rings (SSSR count). The highest BCUT2D eigenvalue weighted by atomic mass is 16.5. The third-order valence-electron chi connectivity index (χ3n) is 4.34. The van der Waals surface area contributed by atoms with E-state index in [0.717, 1.165) is 11.1 Å². The maximum absolute atomic E-state index is 11.9. The van der Waals surface area contributed by atoms with Gasteiger partial charge in [-0.25, -0.2) is 0 Å². The van der Waals surface area contributed by atoms with Gasteiger partial charge in [-0.05, 0) is 25.7 Å². The molecule has 2 atom stereocenters. The molecule has 110 valence electrons. The minimum absolute atomic E-state index is 0.253. The molecule has 5 nitrogen and oxygen atoms in total. The van der Waals surface area contributed by atoms with E-state index >= 15 is 0 Å². The van der Waals surface area contributed by atoms with Crippen LogP contribution in [0.1, 0.15) is 38.5 Å². The Morgan fingerprint density at radius 2 is 1.25 bits per heavy atom. The second-order valence-corrected chi connectivity index (χ2v) is 5.41. The van der Waals surface area contributed by atoms with Crippen molar-refractivity contribution in [1.29, 1.82) is 0 Å². The number of methoxy groups -OCH3 is 2. The molecule has 0 aliphatic heterocycles. The largest absolute Gasteiger partial charge is 0.469 e. The summed E-state index contributed by atoms with van der Waals surface area (Å²) in [4.78, 5) is 35.4. The Kier molecular flexibility index (Phi) is 4.57. The van der Waals surface area contributed by atoms with Crippen LogP contribution >= 0.6 is 0 Å². The fraction of sp³-hybridized carbons (Fsp3) is 0.667. The van der Waals surface area contributed by atoms with Crippen LogP contribution in [-0.2, 0) is 23.9 Å². The van der Waals surface area contributed by atoms with E-state index in [4.69, 9.17) is 9.47 Å². The predicted molar refractivity (Wildman–Crippen MR) is 70.7 cm³/mol. The number of ketones is 1. The topological polar surface area (TPSA) is 69.7 Å². The van der Waals surface area contributed by atoms with E-state index in [0.29, 0.717) is 38.5 Å². The lowest BCUT2D eigenvalue weighted by atomic mass is 9.74. The van der Waals surface area contributed by atoms with Crippen molar-refractivity contribution in [3.8, 4) is 0 Å². The number of Topliss-reactive ketones (excluding diaryl/α,β-unsaturated/α-hetero) is 1. The van der Waals surface area contributed by atoms with Gasteiger partial charge in [0.05, 0.1) is 26.1 Å². The summed E-state index contributed by atoms with van der Waals surface area (Å²) in [6.45, 7) is 0. The van der Waals surface area contributed by atoms with Gasteiger partial charge in [-0.15, -0.1) is 0 Å². The third kappa shape index (κ3) is 2.92. The van der Waals surface area contributed by atoms with E-state index in [1.165, 1.54) is 14.2 Å². The molecule has 5 heteroatoms. The minimum Gasteiger partial charge on any atom is -0.469 e. The lowest BCUT2D eigenvalue weighted by Gasteiger charge is -2.31. The van der Waals surface area contributed by atoms with Crippen molar-refractivity contribution in [3.05, 3.63) is 11.1 Å². The summed E-state index contributed by atoms with van der Waals surface area (Å²) in [7, 11) is 2.66. The molecule has 2 aliphatic rings. The van der Waals surface area contributed by atoms with Crippen LogP contribution in [0.5, 0.6) is 0 Å². The quantitative estimate of drug-likeness (QED) is 0.570. The molecule has 0 radical (unpaired) electrons. The van der Waals surface area contributed by atoms with Gasteiger partial charge >= 0.3 is 11.9 Å². The zero-order valence-electron chi connectivity index (χ0n) is 11.9. The van der Waals surface area contributed by atoms with E-state index in [1.54, 1.807) is 0 Å². The molecule has 20 heavy (non-hydrogen) atoms. The molecule has 0 saturated carbocycles. The average Bonchev–Trinajstić information content (AvgIpc) is 2.66. The Labute approximate surface area is 118 Å². The molecule has 0 amide bonds. The number of carbonyl (C=O) groups is 3. The standard InChI is InChI=1S/C15H20O5/c1-19-14(17)12-7-9-3-5-11(16)6-4-10(9)8-13(12)15(18)20-2/h12-13H,3-8H2,1-2H3/t12-,13+. The van der Waals surface area contributed by atoms with Crippen LogP contribution in [0.2, 0.25) is 0 Å². The van der Waals surface area contributed by atoms with Crippen LogP contribution in [0, 0.1) is 11.8 Å². The highest BCUT2D eigenvalue weighted by Crippen LogP contribution is 2.40. The number of carbonyl (C=O) groups excluding carboxylic acids is 3. The molecular formula is C15H20O5. The second kappa shape index (κ2) is 6.20. The van der Waals surface area contributed by atoms with Crippen LogP contribution in [0.25, 0.3) is 0 Å². The van der Waals surface area contributed by atoms with Crippen molar-refractivity contribution < 1.29 is 23.9 Å². The van der Waals surface area contributed by atoms with Gasteiger partial charge in [-0.1, -0.05) is 11.1 Å². The highest BCUT2D eigenvalue weighted by Gasteiger charge is 2.40. The Hall–Kier alpha value is -1.65. The number of hydrogen-bond acceptors (Lipinski definition) is 5. The van der Waals surface area contributed by atoms with Crippen molar-refractivity contribution in [2.75, 3.05) is 14.2 Å². The Morgan fingerprint density at radius 3 is 1.60 bits per heavy atom. The second-order valence-electron chi connectivity index (χ2n) is 5.41. The number of hydrogen-bond donors (Lipinski definition) is 0.